The molecular weight excluding hydrogens is 134 g/mol. The highest BCUT2D eigenvalue weighted by Gasteiger charge is 2.02. The summed E-state index contributed by atoms with van der Waals surface area (Å²) in [6.45, 7) is 6.64. The minimum atomic E-state index is 1.32. The molecule has 1 aliphatic rings. The Morgan fingerprint density at radius 3 is 1.45 bits per heavy atom. The molecule has 0 aromatic heterocycles. The Balaban J connectivity index is 0. The van der Waals surface area contributed by atoms with Crippen molar-refractivity contribution in [3.63, 3.8) is 0 Å². The molecule has 1 heterocycles. The van der Waals surface area contributed by atoms with E-state index in [9.17, 15) is 0 Å². The summed E-state index contributed by atoms with van der Waals surface area (Å²) in [4.78, 5) is 2.39. The number of hydrogen-bond donors (Lipinski definition) is 0. The van der Waals surface area contributed by atoms with Crippen molar-refractivity contribution in [2.45, 2.75) is 33.1 Å². The van der Waals surface area contributed by atoms with Gasteiger partial charge in [0.1, 0.15) is 0 Å². The highest BCUT2D eigenvalue weighted by molar-refractivity contribution is 4.58. The molecule has 0 unspecified atom stereocenters. The van der Waals surface area contributed by atoms with Crippen LogP contribution in [0.25, 0.3) is 0 Å². The first kappa shape index (κ1) is 13.1. The molecule has 0 amide bonds. The third-order valence-corrected chi connectivity index (χ3v) is 1.58. The lowest BCUT2D eigenvalue weighted by Gasteiger charge is -2.20. The van der Waals surface area contributed by atoms with Crippen molar-refractivity contribution in [2.75, 3.05) is 20.1 Å². The molecule has 1 aliphatic heterocycles. The van der Waals surface area contributed by atoms with Gasteiger partial charge < -0.3 is 4.90 Å². The highest BCUT2D eigenvalue weighted by atomic mass is 15.1. The van der Waals surface area contributed by atoms with E-state index >= 15 is 0 Å². The lowest BCUT2D eigenvalue weighted by Crippen LogP contribution is -2.24. The lowest BCUT2D eigenvalue weighted by molar-refractivity contribution is 0.277. The van der Waals surface area contributed by atoms with Crippen molar-refractivity contribution in [3.8, 4) is 12.8 Å². The molecule has 1 fully saturated rings. The number of terminal acetylenes is 1. The van der Waals surface area contributed by atoms with Crippen LogP contribution in [0.1, 0.15) is 33.1 Å². The summed E-state index contributed by atoms with van der Waals surface area (Å²) in [6, 6.07) is 0. The first-order chi connectivity index (χ1) is 5.39. The maximum absolute atomic E-state index is 4.00. The van der Waals surface area contributed by atoms with Gasteiger partial charge in [-0.1, -0.05) is 20.3 Å². The summed E-state index contributed by atoms with van der Waals surface area (Å²) in [7, 11) is 2.19. The van der Waals surface area contributed by atoms with E-state index in [1.807, 2.05) is 13.8 Å². The minimum absolute atomic E-state index is 1.32. The molecule has 0 N–H and O–H groups in total. The fourth-order valence-corrected chi connectivity index (χ4v) is 1.05. The topological polar surface area (TPSA) is 3.24 Å². The van der Waals surface area contributed by atoms with Gasteiger partial charge in [0.25, 0.3) is 0 Å². The Morgan fingerprint density at radius 2 is 1.27 bits per heavy atom. The van der Waals surface area contributed by atoms with Crippen molar-refractivity contribution in [3.05, 3.63) is 0 Å². The Kier molecular flexibility index (Phi) is 14.6. The minimum Gasteiger partial charge on any atom is -0.306 e. The Hall–Kier alpha value is -0.480. The van der Waals surface area contributed by atoms with E-state index in [2.05, 4.69) is 24.8 Å². The fraction of sp³-hybridized carbons (Fsp3) is 0.800. The van der Waals surface area contributed by atoms with Crippen LogP contribution in [0.4, 0.5) is 0 Å². The van der Waals surface area contributed by atoms with Gasteiger partial charge in [-0.05, 0) is 33.0 Å². The number of piperidine rings is 1. The smallest absolute Gasteiger partial charge is 0.00218 e. The van der Waals surface area contributed by atoms with Gasteiger partial charge in [-0.15, -0.1) is 12.8 Å². The molecule has 0 spiro atoms. The second kappa shape index (κ2) is 12.2. The van der Waals surface area contributed by atoms with Gasteiger partial charge in [-0.3, -0.25) is 0 Å². The van der Waals surface area contributed by atoms with Gasteiger partial charge in [0.2, 0.25) is 0 Å². The van der Waals surface area contributed by atoms with E-state index in [1.54, 1.807) is 0 Å². The van der Waals surface area contributed by atoms with E-state index in [4.69, 9.17) is 0 Å². The van der Waals surface area contributed by atoms with Crippen LogP contribution in [0.2, 0.25) is 0 Å². The summed E-state index contributed by atoms with van der Waals surface area (Å²) in [5.41, 5.74) is 0. The molecular formula is C10H21N. The van der Waals surface area contributed by atoms with Crippen molar-refractivity contribution < 1.29 is 0 Å². The molecule has 1 rings (SSSR count). The largest absolute Gasteiger partial charge is 0.306 e. The number of hydrogen-bond acceptors (Lipinski definition) is 1. The zero-order valence-electron chi connectivity index (χ0n) is 8.14. The molecule has 0 atom stereocenters. The zero-order valence-corrected chi connectivity index (χ0v) is 8.14. The van der Waals surface area contributed by atoms with Crippen LogP contribution < -0.4 is 0 Å². The van der Waals surface area contributed by atoms with E-state index in [1.165, 1.54) is 32.4 Å². The van der Waals surface area contributed by atoms with Gasteiger partial charge in [0.05, 0.1) is 0 Å². The molecule has 11 heavy (non-hydrogen) atoms. The maximum Gasteiger partial charge on any atom is -0.00218 e. The molecule has 66 valence electrons. The van der Waals surface area contributed by atoms with Crippen molar-refractivity contribution in [2.24, 2.45) is 0 Å². The summed E-state index contributed by atoms with van der Waals surface area (Å²) >= 11 is 0. The van der Waals surface area contributed by atoms with E-state index in [0.717, 1.165) is 0 Å². The van der Waals surface area contributed by atoms with Crippen molar-refractivity contribution in [1.29, 1.82) is 0 Å². The predicted octanol–water partition coefficient (Wildman–Crippen LogP) is 2.38. The molecule has 0 saturated carbocycles. The van der Waals surface area contributed by atoms with E-state index in [0.29, 0.717) is 0 Å². The summed E-state index contributed by atoms with van der Waals surface area (Å²) in [6.07, 6.45) is 12.3. The third-order valence-electron chi connectivity index (χ3n) is 1.58. The summed E-state index contributed by atoms with van der Waals surface area (Å²) in [5, 5.41) is 0. The normalized spacial score (nSPS) is 16.8. The number of nitrogens with zero attached hydrogens (tertiary/aromatic N) is 1. The Bertz CT molecular complexity index is 70.2. The lowest BCUT2D eigenvalue weighted by atomic mass is 10.1. The highest BCUT2D eigenvalue weighted by Crippen LogP contribution is 2.04. The summed E-state index contributed by atoms with van der Waals surface area (Å²) < 4.78 is 0. The van der Waals surface area contributed by atoms with Crippen molar-refractivity contribution in [1.82, 2.24) is 4.90 Å². The summed E-state index contributed by atoms with van der Waals surface area (Å²) in [5.74, 6) is 0. The standard InChI is InChI=1S/C6H13N.C2H6.C2H2/c1-7-5-3-2-4-6-7;2*1-2/h2-6H2,1H3;1-2H3;1-2H. The van der Waals surface area contributed by atoms with Gasteiger partial charge in [0, 0.05) is 0 Å². The van der Waals surface area contributed by atoms with Gasteiger partial charge in [0.15, 0.2) is 0 Å². The van der Waals surface area contributed by atoms with Gasteiger partial charge in [-0.25, -0.2) is 0 Å². The van der Waals surface area contributed by atoms with Crippen LogP contribution in [-0.4, -0.2) is 25.0 Å². The molecule has 0 bridgehead atoms. The van der Waals surface area contributed by atoms with Crippen LogP contribution in [-0.2, 0) is 0 Å². The Labute approximate surface area is 71.8 Å². The second-order valence-corrected chi connectivity index (χ2v) is 2.36. The van der Waals surface area contributed by atoms with E-state index in [-0.39, 0.29) is 0 Å². The quantitative estimate of drug-likeness (QED) is 0.485. The average molecular weight is 155 g/mol. The third kappa shape index (κ3) is 9.52. The molecule has 0 aliphatic carbocycles. The Morgan fingerprint density at radius 1 is 0.909 bits per heavy atom. The molecule has 0 radical (unpaired) electrons. The fourth-order valence-electron chi connectivity index (χ4n) is 1.05. The SMILES string of the molecule is C#C.CC.CN1CCCCC1. The predicted molar refractivity (Wildman–Crippen MR) is 52.6 cm³/mol. The van der Waals surface area contributed by atoms with Crippen LogP contribution in [0.3, 0.4) is 0 Å². The van der Waals surface area contributed by atoms with Crippen molar-refractivity contribution >= 4 is 0 Å². The monoisotopic (exact) mass is 155 g/mol. The number of likely N-dealkylation sites (tertiary alicyclic amines) is 1. The van der Waals surface area contributed by atoms with Crippen LogP contribution in [0, 0.1) is 12.8 Å². The van der Waals surface area contributed by atoms with Crippen LogP contribution >= 0.6 is 0 Å². The van der Waals surface area contributed by atoms with E-state index < -0.39 is 0 Å². The first-order valence-corrected chi connectivity index (χ1v) is 4.41. The average Bonchev–Trinajstić information content (AvgIpc) is 2.13. The second-order valence-electron chi connectivity index (χ2n) is 2.36. The molecule has 1 heteroatoms. The van der Waals surface area contributed by atoms with Gasteiger partial charge >= 0.3 is 0 Å². The first-order valence-electron chi connectivity index (χ1n) is 4.41. The maximum atomic E-state index is 4.00. The molecule has 1 nitrogen and oxygen atoms in total. The molecule has 0 aromatic carbocycles. The van der Waals surface area contributed by atoms with Crippen LogP contribution in [0.5, 0.6) is 0 Å². The zero-order chi connectivity index (χ0) is 9.11. The molecule has 1 saturated heterocycles. The molecule has 0 aromatic rings. The number of rotatable bonds is 0. The van der Waals surface area contributed by atoms with Crippen LogP contribution in [0.15, 0.2) is 0 Å². The van der Waals surface area contributed by atoms with Gasteiger partial charge in [-0.2, -0.15) is 0 Å².